The van der Waals surface area contributed by atoms with E-state index < -0.39 is 72.2 Å². The highest BCUT2D eigenvalue weighted by molar-refractivity contribution is 6.38. The number of hydrogen-bond donors (Lipinski definition) is 3. The predicted octanol–water partition coefficient (Wildman–Crippen LogP) is 2.98. The lowest BCUT2D eigenvalue weighted by atomic mass is 9.72. The molecule has 0 unspecified atom stereocenters. The van der Waals surface area contributed by atoms with Crippen LogP contribution in [0.15, 0.2) is 0 Å². The van der Waals surface area contributed by atoms with E-state index in [-0.39, 0.29) is 24.4 Å². The number of carbonyl (C=O) groups excluding carboxylic acids is 5. The van der Waals surface area contributed by atoms with Crippen molar-refractivity contribution in [3.05, 3.63) is 0 Å². The Balaban J connectivity index is 1.87. The highest BCUT2D eigenvalue weighted by Crippen LogP contribution is 2.47. The molecule has 2 saturated carbocycles. The van der Waals surface area contributed by atoms with Crippen LogP contribution in [-0.2, 0) is 23.9 Å². The van der Waals surface area contributed by atoms with Gasteiger partial charge in [0.1, 0.15) is 12.1 Å². The molecule has 1 aliphatic heterocycles. The molecular formula is C27H41F3N4O6. The van der Waals surface area contributed by atoms with Gasteiger partial charge in [-0.05, 0) is 49.4 Å². The maximum atomic E-state index is 13.9. The molecule has 1 saturated heterocycles. The van der Waals surface area contributed by atoms with E-state index >= 15 is 0 Å². The third-order valence-electron chi connectivity index (χ3n) is 8.05. The number of hydrogen-bond acceptors (Lipinski definition) is 6. The van der Waals surface area contributed by atoms with Gasteiger partial charge in [-0.1, -0.05) is 40.0 Å². The van der Waals surface area contributed by atoms with Gasteiger partial charge in [0.15, 0.2) is 0 Å². The van der Waals surface area contributed by atoms with Crippen LogP contribution in [0.2, 0.25) is 0 Å². The normalized spacial score (nSPS) is 22.3. The Morgan fingerprint density at radius 2 is 1.62 bits per heavy atom. The number of nitrogens with one attached hydrogen (secondary N) is 3. The molecule has 40 heavy (non-hydrogen) atoms. The van der Waals surface area contributed by atoms with Crippen molar-refractivity contribution in [3.8, 4) is 0 Å². The molecule has 2 aliphatic carbocycles. The molecule has 1 heterocycles. The number of amides is 4. The molecule has 0 bridgehead atoms. The molecule has 10 nitrogen and oxygen atoms in total. The van der Waals surface area contributed by atoms with E-state index in [0.29, 0.717) is 12.8 Å². The number of methoxy groups -OCH3 is 1. The van der Waals surface area contributed by atoms with E-state index in [1.165, 1.54) is 12.0 Å². The molecule has 13 heteroatoms. The average Bonchev–Trinajstić information content (AvgIpc) is 3.61. The molecule has 0 aromatic heterocycles. The van der Waals surface area contributed by atoms with E-state index in [9.17, 15) is 37.1 Å². The van der Waals surface area contributed by atoms with Crippen LogP contribution in [0.1, 0.15) is 85.0 Å². The van der Waals surface area contributed by atoms with Crippen molar-refractivity contribution in [1.82, 2.24) is 20.9 Å². The van der Waals surface area contributed by atoms with Gasteiger partial charge in [-0.25, -0.2) is 4.79 Å². The van der Waals surface area contributed by atoms with Crippen LogP contribution in [-0.4, -0.2) is 78.5 Å². The number of carbonyl (C=O) groups is 5. The van der Waals surface area contributed by atoms with Crippen LogP contribution in [0, 0.1) is 10.8 Å². The summed E-state index contributed by atoms with van der Waals surface area (Å²) in [6, 6.07) is -4.02. The minimum absolute atomic E-state index is 0.193. The molecule has 0 radical (unpaired) electrons. The lowest BCUT2D eigenvalue weighted by Gasteiger charge is -2.36. The van der Waals surface area contributed by atoms with E-state index in [0.717, 1.165) is 32.1 Å². The maximum absolute atomic E-state index is 13.9. The molecule has 3 N–H and O–H groups in total. The summed E-state index contributed by atoms with van der Waals surface area (Å²) in [6.07, 6.45) is -1.59. The van der Waals surface area contributed by atoms with Gasteiger partial charge >= 0.3 is 12.3 Å². The summed E-state index contributed by atoms with van der Waals surface area (Å²) in [5.74, 6) is -3.49. The first-order valence-electron chi connectivity index (χ1n) is 13.9. The minimum Gasteiger partial charge on any atom is -0.453 e. The van der Waals surface area contributed by atoms with Crippen LogP contribution >= 0.6 is 0 Å². The summed E-state index contributed by atoms with van der Waals surface area (Å²) in [5, 5.41) is 7.41. The van der Waals surface area contributed by atoms with Crippen molar-refractivity contribution < 1.29 is 41.9 Å². The third-order valence-corrected chi connectivity index (χ3v) is 8.05. The SMILES string of the molecule is COC(=O)N[C@H](C(=O)N1CC2(CCCCC2)C[C@H]1C(=O)N[C@@H](CCC(F)(F)F)C(=O)C(=O)NC1CC1)C(C)(C)C. The number of alkyl carbamates (subject to hydrolysis) is 1. The lowest BCUT2D eigenvalue weighted by Crippen LogP contribution is -2.59. The first-order chi connectivity index (χ1) is 18.5. The number of halogens is 3. The van der Waals surface area contributed by atoms with Gasteiger partial charge in [-0.3, -0.25) is 19.2 Å². The predicted molar refractivity (Wildman–Crippen MR) is 138 cm³/mol. The summed E-state index contributed by atoms with van der Waals surface area (Å²) in [6.45, 7) is 5.48. The molecule has 3 rings (SSSR count). The first kappa shape index (κ1) is 31.7. The Morgan fingerprint density at radius 1 is 1.00 bits per heavy atom. The van der Waals surface area contributed by atoms with Gasteiger partial charge in [0.05, 0.1) is 13.2 Å². The highest BCUT2D eigenvalue weighted by Gasteiger charge is 2.52. The zero-order chi connectivity index (χ0) is 29.9. The van der Waals surface area contributed by atoms with Crippen molar-refractivity contribution in [2.24, 2.45) is 10.8 Å². The Kier molecular flexibility index (Phi) is 9.77. The van der Waals surface area contributed by atoms with Crippen molar-refractivity contribution in [2.75, 3.05) is 13.7 Å². The summed E-state index contributed by atoms with van der Waals surface area (Å²) < 4.78 is 43.9. The van der Waals surface area contributed by atoms with Gasteiger partial charge in [0, 0.05) is 19.0 Å². The van der Waals surface area contributed by atoms with Crippen LogP contribution in [0.3, 0.4) is 0 Å². The molecule has 4 amide bonds. The second-order valence-electron chi connectivity index (χ2n) is 12.5. The van der Waals surface area contributed by atoms with Gasteiger partial charge in [0.25, 0.3) is 5.91 Å². The van der Waals surface area contributed by atoms with Crippen molar-refractivity contribution >= 4 is 29.6 Å². The van der Waals surface area contributed by atoms with Crippen molar-refractivity contribution in [2.45, 2.75) is 115 Å². The molecule has 3 fully saturated rings. The highest BCUT2D eigenvalue weighted by atomic mass is 19.4. The Bertz CT molecular complexity index is 986. The van der Waals surface area contributed by atoms with Crippen LogP contribution in [0.5, 0.6) is 0 Å². The number of alkyl halides is 3. The van der Waals surface area contributed by atoms with Gasteiger partial charge in [-0.2, -0.15) is 13.2 Å². The standard InChI is InChI=1S/C27H41F3N4O6/c1-25(2,3)20(33-24(39)40-4)23(38)34-15-26(11-6-5-7-12-26)14-18(34)21(36)32-17(10-13-27(28,29)30)19(35)22(37)31-16-8-9-16/h16-18,20H,5-15H2,1-4H3,(H,31,37)(H,32,36)(H,33,39)/t17-,18-,20+/m0/s1. The topological polar surface area (TPSA) is 134 Å². The molecule has 3 aliphatic rings. The number of nitrogens with zero attached hydrogens (tertiary/aromatic N) is 1. The first-order valence-corrected chi connectivity index (χ1v) is 13.9. The third kappa shape index (κ3) is 8.33. The molecule has 226 valence electrons. The molecule has 3 atom stereocenters. The largest absolute Gasteiger partial charge is 0.453 e. The average molecular weight is 575 g/mol. The van der Waals surface area contributed by atoms with E-state index in [4.69, 9.17) is 4.74 Å². The number of likely N-dealkylation sites (tertiary alicyclic amines) is 1. The fourth-order valence-corrected chi connectivity index (χ4v) is 5.66. The minimum atomic E-state index is -4.60. The van der Waals surface area contributed by atoms with Crippen LogP contribution in [0.25, 0.3) is 0 Å². The Morgan fingerprint density at radius 3 is 2.15 bits per heavy atom. The van der Waals surface area contributed by atoms with Crippen LogP contribution < -0.4 is 16.0 Å². The zero-order valence-electron chi connectivity index (χ0n) is 23.6. The van der Waals surface area contributed by atoms with Crippen molar-refractivity contribution in [1.29, 1.82) is 0 Å². The lowest BCUT2D eigenvalue weighted by molar-refractivity contribution is -0.147. The quantitative estimate of drug-likeness (QED) is 0.363. The maximum Gasteiger partial charge on any atom is 0.407 e. The number of rotatable bonds is 9. The fourth-order valence-electron chi connectivity index (χ4n) is 5.66. The zero-order valence-corrected chi connectivity index (χ0v) is 23.6. The molecular weight excluding hydrogens is 533 g/mol. The Hall–Kier alpha value is -2.86. The van der Waals surface area contributed by atoms with Gasteiger partial charge in [-0.15, -0.1) is 0 Å². The second kappa shape index (κ2) is 12.3. The summed E-state index contributed by atoms with van der Waals surface area (Å²) in [4.78, 5) is 66.2. The molecule has 0 aromatic rings. The number of Topliss-reactive ketones (excluding diaryl/α,β-unsaturated/α-hetero) is 1. The monoisotopic (exact) mass is 574 g/mol. The van der Waals surface area contributed by atoms with E-state index in [2.05, 4.69) is 16.0 Å². The van der Waals surface area contributed by atoms with Gasteiger partial charge in [0.2, 0.25) is 17.6 Å². The Labute approximate surface area is 232 Å². The summed E-state index contributed by atoms with van der Waals surface area (Å²) in [7, 11) is 1.17. The van der Waals surface area contributed by atoms with E-state index in [1.54, 1.807) is 20.8 Å². The summed E-state index contributed by atoms with van der Waals surface area (Å²) in [5.41, 5.74) is -1.13. The second-order valence-corrected chi connectivity index (χ2v) is 12.5. The van der Waals surface area contributed by atoms with E-state index in [1.807, 2.05) is 0 Å². The number of ketones is 1. The molecule has 1 spiro atoms. The van der Waals surface area contributed by atoms with Crippen molar-refractivity contribution in [3.63, 3.8) is 0 Å². The fraction of sp³-hybridized carbons (Fsp3) is 0.815. The summed E-state index contributed by atoms with van der Waals surface area (Å²) >= 11 is 0. The van der Waals surface area contributed by atoms with Crippen LogP contribution in [0.4, 0.5) is 18.0 Å². The number of ether oxygens (including phenoxy) is 1. The smallest absolute Gasteiger partial charge is 0.407 e. The molecule has 0 aromatic carbocycles. The van der Waals surface area contributed by atoms with Gasteiger partial charge < -0.3 is 25.6 Å².